The summed E-state index contributed by atoms with van der Waals surface area (Å²) in [4.78, 5) is 39.6. The van der Waals surface area contributed by atoms with E-state index in [9.17, 15) is 19.7 Å². The lowest BCUT2D eigenvalue weighted by atomic mass is 9.86. The first-order chi connectivity index (χ1) is 13.4. The van der Waals surface area contributed by atoms with Crippen LogP contribution in [0.5, 0.6) is 5.75 Å². The Bertz CT molecular complexity index is 799. The lowest BCUT2D eigenvalue weighted by molar-refractivity contribution is -0.384. The summed E-state index contributed by atoms with van der Waals surface area (Å²) in [6, 6.07) is 4.64. The summed E-state index contributed by atoms with van der Waals surface area (Å²) in [6.07, 6.45) is 6.26. The van der Waals surface area contributed by atoms with Gasteiger partial charge in [0.05, 0.1) is 10.6 Å². The van der Waals surface area contributed by atoms with Crippen LogP contribution >= 0.6 is 0 Å². The molecular formula is C20H25N3O5. The van der Waals surface area contributed by atoms with Gasteiger partial charge in [0.2, 0.25) is 5.91 Å². The highest BCUT2D eigenvalue weighted by molar-refractivity contribution is 6.02. The van der Waals surface area contributed by atoms with Crippen molar-refractivity contribution in [1.29, 1.82) is 0 Å². The van der Waals surface area contributed by atoms with Crippen molar-refractivity contribution in [3.8, 4) is 5.75 Å². The van der Waals surface area contributed by atoms with Crippen LogP contribution in [0.2, 0.25) is 0 Å². The van der Waals surface area contributed by atoms with Gasteiger partial charge in [-0.05, 0) is 50.5 Å². The van der Waals surface area contributed by atoms with Gasteiger partial charge in [-0.25, -0.2) is 0 Å². The molecule has 0 spiro atoms. The number of nitrogens with zero attached hydrogens (tertiary/aromatic N) is 3. The van der Waals surface area contributed by atoms with E-state index < -0.39 is 4.92 Å². The number of nitro groups is 1. The topological polar surface area (TPSA) is 93.0 Å². The zero-order valence-corrected chi connectivity index (χ0v) is 16.0. The average molecular weight is 387 g/mol. The molecule has 8 heteroatoms. The van der Waals surface area contributed by atoms with E-state index in [1.165, 1.54) is 23.1 Å². The molecule has 2 saturated carbocycles. The Hall–Kier alpha value is -2.64. The van der Waals surface area contributed by atoms with Crippen molar-refractivity contribution in [2.24, 2.45) is 5.92 Å². The summed E-state index contributed by atoms with van der Waals surface area (Å²) in [7, 11) is 0. The van der Waals surface area contributed by atoms with Crippen LogP contribution in [0.25, 0.3) is 0 Å². The van der Waals surface area contributed by atoms with Crippen LogP contribution in [0.3, 0.4) is 0 Å². The number of fused-ring (bicyclic) bond motifs is 1. The van der Waals surface area contributed by atoms with Crippen LogP contribution in [0, 0.1) is 16.0 Å². The second-order valence-corrected chi connectivity index (χ2v) is 8.12. The van der Waals surface area contributed by atoms with Crippen molar-refractivity contribution in [1.82, 2.24) is 4.90 Å². The van der Waals surface area contributed by atoms with Crippen LogP contribution < -0.4 is 9.64 Å². The first-order valence-electron chi connectivity index (χ1n) is 9.97. The summed E-state index contributed by atoms with van der Waals surface area (Å²) in [5.74, 6) is 0.659. The number of anilines is 1. The smallest absolute Gasteiger partial charge is 0.271 e. The van der Waals surface area contributed by atoms with E-state index in [-0.39, 0.29) is 42.7 Å². The highest BCUT2D eigenvalue weighted by atomic mass is 16.6. The molecule has 0 saturated heterocycles. The summed E-state index contributed by atoms with van der Waals surface area (Å²) in [6.45, 7) is 1.98. The van der Waals surface area contributed by atoms with Gasteiger partial charge >= 0.3 is 0 Å². The van der Waals surface area contributed by atoms with Crippen molar-refractivity contribution in [2.75, 3.05) is 18.1 Å². The van der Waals surface area contributed by atoms with E-state index in [0.29, 0.717) is 17.4 Å². The number of carbonyl (C=O) groups is 2. The number of benzene rings is 1. The number of hydrogen-bond acceptors (Lipinski definition) is 5. The molecular weight excluding hydrogens is 362 g/mol. The maximum absolute atomic E-state index is 13.2. The molecule has 2 aliphatic carbocycles. The summed E-state index contributed by atoms with van der Waals surface area (Å²) >= 11 is 0. The third kappa shape index (κ3) is 3.68. The van der Waals surface area contributed by atoms with E-state index in [0.717, 1.165) is 38.5 Å². The van der Waals surface area contributed by atoms with Crippen molar-refractivity contribution in [3.63, 3.8) is 0 Å². The molecule has 28 heavy (non-hydrogen) atoms. The Balaban J connectivity index is 1.55. The Morgan fingerprint density at radius 2 is 1.86 bits per heavy atom. The molecule has 1 heterocycles. The van der Waals surface area contributed by atoms with Gasteiger partial charge in [-0.3, -0.25) is 24.6 Å². The van der Waals surface area contributed by atoms with E-state index in [1.807, 2.05) is 4.90 Å². The Labute approximate surface area is 163 Å². The fourth-order valence-corrected chi connectivity index (χ4v) is 4.27. The van der Waals surface area contributed by atoms with E-state index >= 15 is 0 Å². The number of non-ortho nitro benzene ring substituents is 1. The van der Waals surface area contributed by atoms with Gasteiger partial charge in [-0.1, -0.05) is 6.92 Å². The molecule has 2 fully saturated rings. The number of ether oxygens (including phenoxy) is 1. The minimum Gasteiger partial charge on any atom is -0.482 e. The van der Waals surface area contributed by atoms with Crippen LogP contribution in [-0.2, 0) is 9.59 Å². The van der Waals surface area contributed by atoms with Gasteiger partial charge in [-0.15, -0.1) is 0 Å². The van der Waals surface area contributed by atoms with Gasteiger partial charge in [0.15, 0.2) is 6.61 Å². The molecule has 4 rings (SSSR count). The first-order valence-corrected chi connectivity index (χ1v) is 9.97. The molecule has 8 nitrogen and oxygen atoms in total. The maximum atomic E-state index is 13.2. The number of carbonyl (C=O) groups excluding carboxylic acids is 2. The first kappa shape index (κ1) is 18.7. The second kappa shape index (κ2) is 7.41. The van der Waals surface area contributed by atoms with Gasteiger partial charge in [0.1, 0.15) is 12.3 Å². The van der Waals surface area contributed by atoms with Crippen molar-refractivity contribution >= 4 is 23.2 Å². The van der Waals surface area contributed by atoms with Gasteiger partial charge in [0.25, 0.3) is 11.6 Å². The molecule has 150 valence electrons. The summed E-state index contributed by atoms with van der Waals surface area (Å²) in [5.41, 5.74) is 0.168. The van der Waals surface area contributed by atoms with Gasteiger partial charge in [-0.2, -0.15) is 0 Å². The third-order valence-electron chi connectivity index (χ3n) is 6.00. The number of hydrogen-bond donors (Lipinski definition) is 0. The van der Waals surface area contributed by atoms with E-state index in [1.54, 1.807) is 0 Å². The number of rotatable bonds is 5. The van der Waals surface area contributed by atoms with Crippen LogP contribution in [-0.4, -0.2) is 46.9 Å². The molecule has 0 aromatic heterocycles. The monoisotopic (exact) mass is 387 g/mol. The zero-order valence-electron chi connectivity index (χ0n) is 16.0. The highest BCUT2D eigenvalue weighted by Gasteiger charge is 2.40. The van der Waals surface area contributed by atoms with Crippen LogP contribution in [0.15, 0.2) is 18.2 Å². The number of nitro benzene ring substituents is 1. The standard InChI is InChI=1S/C20H25N3O5/c1-13-2-4-14(5-3-13)22(15-6-7-15)19(24)11-21-17-10-16(23(26)27)8-9-18(17)28-12-20(21)25/h8-10,13-15H,2-7,11-12H2,1H3. The van der Waals surface area contributed by atoms with E-state index in [2.05, 4.69) is 6.92 Å². The van der Waals surface area contributed by atoms with Crippen molar-refractivity contribution in [3.05, 3.63) is 28.3 Å². The Morgan fingerprint density at radius 1 is 1.21 bits per heavy atom. The Kier molecular flexibility index (Phi) is 4.95. The summed E-state index contributed by atoms with van der Waals surface area (Å²) in [5, 5.41) is 11.1. The summed E-state index contributed by atoms with van der Waals surface area (Å²) < 4.78 is 5.39. The molecule has 1 aromatic rings. The Morgan fingerprint density at radius 3 is 2.46 bits per heavy atom. The van der Waals surface area contributed by atoms with Crippen molar-refractivity contribution in [2.45, 2.75) is 57.5 Å². The van der Waals surface area contributed by atoms with Crippen LogP contribution in [0.1, 0.15) is 45.4 Å². The highest BCUT2D eigenvalue weighted by Crippen LogP contribution is 2.38. The quantitative estimate of drug-likeness (QED) is 0.572. The lowest BCUT2D eigenvalue weighted by Crippen LogP contribution is -2.50. The third-order valence-corrected chi connectivity index (χ3v) is 6.00. The largest absolute Gasteiger partial charge is 0.482 e. The zero-order chi connectivity index (χ0) is 19.8. The molecule has 0 radical (unpaired) electrons. The molecule has 0 unspecified atom stereocenters. The minimum absolute atomic E-state index is 0.0743. The molecule has 1 aliphatic heterocycles. The predicted octanol–water partition coefficient (Wildman–Crippen LogP) is 2.89. The normalized spacial score (nSPS) is 24.3. The fraction of sp³-hybridized carbons (Fsp3) is 0.600. The van der Waals surface area contributed by atoms with Crippen molar-refractivity contribution < 1.29 is 19.2 Å². The molecule has 0 bridgehead atoms. The molecule has 3 aliphatic rings. The predicted molar refractivity (Wildman–Crippen MR) is 102 cm³/mol. The van der Waals surface area contributed by atoms with Crippen LogP contribution in [0.4, 0.5) is 11.4 Å². The SMILES string of the molecule is CC1CCC(N(C(=O)CN2C(=O)COc3ccc([N+](=O)[O-])cc32)C2CC2)CC1. The maximum Gasteiger partial charge on any atom is 0.271 e. The van der Waals surface area contributed by atoms with Gasteiger partial charge in [0, 0.05) is 24.2 Å². The average Bonchev–Trinajstić information content (AvgIpc) is 3.50. The molecule has 2 amide bonds. The lowest BCUT2D eigenvalue weighted by Gasteiger charge is -2.38. The van der Waals surface area contributed by atoms with Gasteiger partial charge < -0.3 is 9.64 Å². The number of amides is 2. The second-order valence-electron chi connectivity index (χ2n) is 8.12. The van der Waals surface area contributed by atoms with E-state index in [4.69, 9.17) is 4.74 Å². The fourth-order valence-electron chi connectivity index (χ4n) is 4.27. The molecule has 0 atom stereocenters. The molecule has 1 aromatic carbocycles. The molecule has 0 N–H and O–H groups in total. The minimum atomic E-state index is -0.515.